The third-order valence-electron chi connectivity index (χ3n) is 5.13. The summed E-state index contributed by atoms with van der Waals surface area (Å²) in [7, 11) is 0. The number of piperazine rings is 1. The van der Waals surface area contributed by atoms with Crippen molar-refractivity contribution in [1.29, 1.82) is 0 Å². The van der Waals surface area contributed by atoms with Crippen molar-refractivity contribution < 1.29 is 4.79 Å². The van der Waals surface area contributed by atoms with Crippen LogP contribution in [0.3, 0.4) is 0 Å². The number of amides is 1. The van der Waals surface area contributed by atoms with Gasteiger partial charge in [0, 0.05) is 56.0 Å². The molecule has 2 aromatic heterocycles. The van der Waals surface area contributed by atoms with Crippen LogP contribution in [-0.4, -0.2) is 51.9 Å². The standard InChI is InChI=1S/C21H24N4O/c1-15-11-16(2)18-13-20(23-19(18)12-15)21(26)25-9-7-24(8-10-25)14-17-3-5-22-6-4-17/h3-6,11-13,23H,7-10,14H2,1-2H3. The zero-order chi connectivity index (χ0) is 18.1. The van der Waals surface area contributed by atoms with Gasteiger partial charge in [-0.25, -0.2) is 0 Å². The first-order valence-corrected chi connectivity index (χ1v) is 9.10. The fourth-order valence-corrected chi connectivity index (χ4v) is 3.74. The number of hydrogen-bond donors (Lipinski definition) is 1. The van der Waals surface area contributed by atoms with E-state index in [1.54, 1.807) is 0 Å². The molecule has 0 aliphatic carbocycles. The number of pyridine rings is 1. The van der Waals surface area contributed by atoms with Gasteiger partial charge in [-0.1, -0.05) is 6.07 Å². The van der Waals surface area contributed by atoms with Gasteiger partial charge in [0.25, 0.3) is 5.91 Å². The van der Waals surface area contributed by atoms with Crippen molar-refractivity contribution in [2.75, 3.05) is 26.2 Å². The third kappa shape index (κ3) is 3.35. The second-order valence-electron chi connectivity index (χ2n) is 7.15. The summed E-state index contributed by atoms with van der Waals surface area (Å²) in [6.45, 7) is 8.40. The molecule has 0 radical (unpaired) electrons. The average Bonchev–Trinajstić information content (AvgIpc) is 3.07. The highest BCUT2D eigenvalue weighted by Gasteiger charge is 2.23. The molecule has 3 aromatic rings. The zero-order valence-electron chi connectivity index (χ0n) is 15.3. The number of fused-ring (bicyclic) bond motifs is 1. The number of nitrogens with zero attached hydrogens (tertiary/aromatic N) is 3. The van der Waals surface area contributed by atoms with Crippen molar-refractivity contribution in [2.24, 2.45) is 0 Å². The van der Waals surface area contributed by atoms with Gasteiger partial charge in [0.1, 0.15) is 5.69 Å². The van der Waals surface area contributed by atoms with Gasteiger partial charge < -0.3 is 9.88 Å². The predicted molar refractivity (Wildman–Crippen MR) is 103 cm³/mol. The summed E-state index contributed by atoms with van der Waals surface area (Å²) in [4.78, 5) is 24.6. The van der Waals surface area contributed by atoms with Crippen molar-refractivity contribution >= 4 is 16.8 Å². The lowest BCUT2D eigenvalue weighted by molar-refractivity contribution is 0.0623. The molecule has 0 bridgehead atoms. The van der Waals surface area contributed by atoms with E-state index in [9.17, 15) is 4.79 Å². The molecule has 1 saturated heterocycles. The largest absolute Gasteiger partial charge is 0.351 e. The molecule has 134 valence electrons. The minimum Gasteiger partial charge on any atom is -0.351 e. The van der Waals surface area contributed by atoms with Crippen molar-refractivity contribution in [3.05, 3.63) is 65.1 Å². The number of carbonyl (C=O) groups is 1. The molecule has 1 amide bonds. The van der Waals surface area contributed by atoms with E-state index >= 15 is 0 Å². The minimum atomic E-state index is 0.0989. The van der Waals surface area contributed by atoms with Crippen LogP contribution in [0.25, 0.3) is 10.9 Å². The maximum Gasteiger partial charge on any atom is 0.270 e. The number of rotatable bonds is 3. The molecular formula is C21H24N4O. The minimum absolute atomic E-state index is 0.0989. The number of carbonyl (C=O) groups excluding carboxylic acids is 1. The van der Waals surface area contributed by atoms with Crippen LogP contribution in [0.5, 0.6) is 0 Å². The normalized spacial score (nSPS) is 15.5. The van der Waals surface area contributed by atoms with Crippen LogP contribution in [0.2, 0.25) is 0 Å². The Labute approximate surface area is 153 Å². The highest BCUT2D eigenvalue weighted by molar-refractivity contribution is 5.99. The quantitative estimate of drug-likeness (QED) is 0.791. The number of aromatic amines is 1. The molecule has 1 aliphatic rings. The Balaban J connectivity index is 1.43. The Kier molecular flexibility index (Phi) is 4.47. The molecule has 1 fully saturated rings. The summed E-state index contributed by atoms with van der Waals surface area (Å²) < 4.78 is 0. The molecule has 5 heteroatoms. The molecule has 26 heavy (non-hydrogen) atoms. The van der Waals surface area contributed by atoms with Crippen LogP contribution >= 0.6 is 0 Å². The zero-order valence-corrected chi connectivity index (χ0v) is 15.3. The molecule has 1 aliphatic heterocycles. The summed E-state index contributed by atoms with van der Waals surface area (Å²) in [6, 6.07) is 10.3. The Bertz CT molecular complexity index is 924. The summed E-state index contributed by atoms with van der Waals surface area (Å²) in [6.07, 6.45) is 3.66. The van der Waals surface area contributed by atoms with Crippen LogP contribution in [-0.2, 0) is 6.54 Å². The first-order chi connectivity index (χ1) is 12.6. The second kappa shape index (κ2) is 6.92. The topological polar surface area (TPSA) is 52.2 Å². The average molecular weight is 348 g/mol. The van der Waals surface area contributed by atoms with Crippen LogP contribution < -0.4 is 0 Å². The lowest BCUT2D eigenvalue weighted by Gasteiger charge is -2.34. The Morgan fingerprint density at radius 1 is 1.08 bits per heavy atom. The molecule has 0 saturated carbocycles. The molecule has 0 atom stereocenters. The van der Waals surface area contributed by atoms with E-state index in [1.807, 2.05) is 35.5 Å². The lowest BCUT2D eigenvalue weighted by atomic mass is 10.1. The predicted octanol–water partition coefficient (Wildman–Crippen LogP) is 3.14. The molecule has 4 rings (SSSR count). The maximum absolute atomic E-state index is 12.9. The lowest BCUT2D eigenvalue weighted by Crippen LogP contribution is -2.48. The molecular weight excluding hydrogens is 324 g/mol. The number of H-pyrrole nitrogens is 1. The molecule has 1 N–H and O–H groups in total. The van der Waals surface area contributed by atoms with E-state index in [0.717, 1.165) is 43.6 Å². The summed E-state index contributed by atoms with van der Waals surface area (Å²) in [5, 5.41) is 1.13. The summed E-state index contributed by atoms with van der Waals surface area (Å²) in [5.41, 5.74) is 5.41. The fourth-order valence-electron chi connectivity index (χ4n) is 3.74. The Morgan fingerprint density at radius 3 is 2.54 bits per heavy atom. The SMILES string of the molecule is Cc1cc(C)c2cc(C(=O)N3CCN(Cc4ccncc4)CC3)[nH]c2c1. The second-order valence-corrected chi connectivity index (χ2v) is 7.15. The van der Waals surface area contributed by atoms with Gasteiger partial charge >= 0.3 is 0 Å². The molecule has 0 unspecified atom stereocenters. The highest BCUT2D eigenvalue weighted by atomic mass is 16.2. The number of hydrogen-bond acceptors (Lipinski definition) is 3. The maximum atomic E-state index is 12.9. The van der Waals surface area contributed by atoms with Crippen LogP contribution in [0, 0.1) is 13.8 Å². The van der Waals surface area contributed by atoms with Gasteiger partial charge in [0.05, 0.1) is 0 Å². The first kappa shape index (κ1) is 16.8. The van der Waals surface area contributed by atoms with Gasteiger partial charge in [-0.3, -0.25) is 14.7 Å². The molecule has 0 spiro atoms. The summed E-state index contributed by atoms with van der Waals surface area (Å²) >= 11 is 0. The highest BCUT2D eigenvalue weighted by Crippen LogP contribution is 2.22. The van der Waals surface area contributed by atoms with Crippen LogP contribution in [0.15, 0.2) is 42.7 Å². The molecule has 5 nitrogen and oxygen atoms in total. The van der Waals surface area contributed by atoms with Gasteiger partial charge in [-0.15, -0.1) is 0 Å². The van der Waals surface area contributed by atoms with Gasteiger partial charge in [-0.2, -0.15) is 0 Å². The Hall–Kier alpha value is -2.66. The monoisotopic (exact) mass is 348 g/mol. The van der Waals surface area contributed by atoms with E-state index in [2.05, 4.69) is 40.8 Å². The number of aryl methyl sites for hydroxylation is 2. The van der Waals surface area contributed by atoms with E-state index in [0.29, 0.717) is 5.69 Å². The van der Waals surface area contributed by atoms with Crippen molar-refractivity contribution in [3.8, 4) is 0 Å². The fraction of sp³-hybridized carbons (Fsp3) is 0.333. The summed E-state index contributed by atoms with van der Waals surface area (Å²) in [5.74, 6) is 0.0989. The smallest absolute Gasteiger partial charge is 0.270 e. The van der Waals surface area contributed by atoms with Crippen molar-refractivity contribution in [3.63, 3.8) is 0 Å². The number of benzene rings is 1. The van der Waals surface area contributed by atoms with E-state index in [-0.39, 0.29) is 5.91 Å². The third-order valence-corrected chi connectivity index (χ3v) is 5.13. The van der Waals surface area contributed by atoms with Crippen LogP contribution in [0.1, 0.15) is 27.2 Å². The van der Waals surface area contributed by atoms with Gasteiger partial charge in [0.15, 0.2) is 0 Å². The van der Waals surface area contributed by atoms with E-state index < -0.39 is 0 Å². The van der Waals surface area contributed by atoms with Crippen molar-refractivity contribution in [2.45, 2.75) is 20.4 Å². The molecule has 3 heterocycles. The van der Waals surface area contributed by atoms with Crippen molar-refractivity contribution in [1.82, 2.24) is 19.8 Å². The van der Waals surface area contributed by atoms with Crippen LogP contribution in [0.4, 0.5) is 0 Å². The van der Waals surface area contributed by atoms with Gasteiger partial charge in [-0.05, 0) is 54.8 Å². The van der Waals surface area contributed by atoms with E-state index in [4.69, 9.17) is 0 Å². The van der Waals surface area contributed by atoms with Gasteiger partial charge in [0.2, 0.25) is 0 Å². The number of nitrogens with one attached hydrogen (secondary N) is 1. The Morgan fingerprint density at radius 2 is 1.81 bits per heavy atom. The molecule has 1 aromatic carbocycles. The van der Waals surface area contributed by atoms with E-state index in [1.165, 1.54) is 16.7 Å². The number of aromatic nitrogens is 2. The first-order valence-electron chi connectivity index (χ1n) is 9.10.